The average molecular weight is 379 g/mol. The molecule has 2 aliphatic rings. The fourth-order valence-electron chi connectivity index (χ4n) is 4.38. The molecule has 28 heavy (non-hydrogen) atoms. The average Bonchev–Trinajstić information content (AvgIpc) is 2.74. The van der Waals surface area contributed by atoms with Crippen molar-refractivity contribution in [3.05, 3.63) is 53.7 Å². The van der Waals surface area contributed by atoms with Crippen molar-refractivity contribution in [1.29, 1.82) is 0 Å². The molecule has 0 radical (unpaired) electrons. The summed E-state index contributed by atoms with van der Waals surface area (Å²) in [7, 11) is 0. The molecule has 0 saturated carbocycles. The highest BCUT2D eigenvalue weighted by atomic mass is 16.5. The van der Waals surface area contributed by atoms with Crippen LogP contribution in [0.15, 0.2) is 42.6 Å². The second kappa shape index (κ2) is 7.72. The molecule has 2 aliphatic heterocycles. The van der Waals surface area contributed by atoms with Crippen molar-refractivity contribution < 1.29 is 14.3 Å². The van der Waals surface area contributed by atoms with Crippen LogP contribution in [-0.2, 0) is 4.74 Å². The summed E-state index contributed by atoms with van der Waals surface area (Å²) < 4.78 is 5.52. The van der Waals surface area contributed by atoms with Crippen LogP contribution in [0.1, 0.15) is 46.4 Å². The van der Waals surface area contributed by atoms with Crippen LogP contribution in [0.4, 0.5) is 0 Å². The van der Waals surface area contributed by atoms with Gasteiger partial charge in [0.1, 0.15) is 0 Å². The molecule has 6 heteroatoms. The number of aromatic nitrogens is 1. The van der Waals surface area contributed by atoms with Crippen molar-refractivity contribution in [2.45, 2.75) is 25.7 Å². The molecule has 2 amide bonds. The van der Waals surface area contributed by atoms with Gasteiger partial charge in [0, 0.05) is 43.6 Å². The first kappa shape index (κ1) is 18.6. The normalized spacial score (nSPS) is 18.8. The molecular formula is C22H25N3O3. The van der Waals surface area contributed by atoms with E-state index in [1.54, 1.807) is 18.3 Å². The minimum absolute atomic E-state index is 0.0632. The number of pyridine rings is 1. The van der Waals surface area contributed by atoms with Crippen molar-refractivity contribution in [1.82, 2.24) is 9.88 Å². The van der Waals surface area contributed by atoms with Gasteiger partial charge in [0.25, 0.3) is 11.8 Å². The third kappa shape index (κ3) is 3.64. The van der Waals surface area contributed by atoms with E-state index in [1.807, 2.05) is 29.2 Å². The maximum Gasteiger partial charge on any atom is 0.253 e. The minimum Gasteiger partial charge on any atom is -0.381 e. The highest BCUT2D eigenvalue weighted by molar-refractivity contribution is 5.99. The Labute approximate surface area is 164 Å². The van der Waals surface area contributed by atoms with Crippen LogP contribution in [0, 0.1) is 5.41 Å². The van der Waals surface area contributed by atoms with E-state index in [4.69, 9.17) is 10.5 Å². The van der Waals surface area contributed by atoms with Crippen molar-refractivity contribution in [3.63, 3.8) is 0 Å². The Balaban J connectivity index is 1.52. The van der Waals surface area contributed by atoms with Crippen LogP contribution < -0.4 is 5.73 Å². The van der Waals surface area contributed by atoms with Crippen LogP contribution in [-0.4, -0.2) is 48.0 Å². The number of carbonyl (C=O) groups excluding carboxylic acids is 2. The van der Waals surface area contributed by atoms with Crippen molar-refractivity contribution in [2.75, 3.05) is 26.3 Å². The molecule has 4 rings (SSSR count). The maximum absolute atomic E-state index is 13.1. The van der Waals surface area contributed by atoms with Crippen LogP contribution in [0.2, 0.25) is 0 Å². The number of carbonyl (C=O) groups is 2. The lowest BCUT2D eigenvalue weighted by molar-refractivity contribution is -0.0229. The molecule has 0 atom stereocenters. The molecule has 1 spiro atoms. The molecule has 0 bridgehead atoms. The highest BCUT2D eigenvalue weighted by Crippen LogP contribution is 2.39. The molecule has 2 aromatic rings. The topological polar surface area (TPSA) is 85.5 Å². The number of hydrogen-bond donors (Lipinski definition) is 1. The van der Waals surface area contributed by atoms with Crippen LogP contribution in [0.3, 0.4) is 0 Å². The molecule has 2 fully saturated rings. The van der Waals surface area contributed by atoms with E-state index in [2.05, 4.69) is 4.98 Å². The second-order valence-electron chi connectivity index (χ2n) is 7.78. The molecule has 2 saturated heterocycles. The zero-order chi connectivity index (χ0) is 19.6. The Morgan fingerprint density at radius 2 is 1.82 bits per heavy atom. The van der Waals surface area contributed by atoms with Gasteiger partial charge >= 0.3 is 0 Å². The molecule has 0 aliphatic carbocycles. The van der Waals surface area contributed by atoms with E-state index in [1.165, 1.54) is 6.42 Å². The number of ether oxygens (including phenoxy) is 1. The number of piperidine rings is 1. The number of benzene rings is 1. The van der Waals surface area contributed by atoms with Gasteiger partial charge < -0.3 is 15.4 Å². The van der Waals surface area contributed by atoms with Gasteiger partial charge in [0.05, 0.1) is 11.3 Å². The maximum atomic E-state index is 13.1. The minimum atomic E-state index is -0.515. The fourth-order valence-corrected chi connectivity index (χ4v) is 4.38. The molecular weight excluding hydrogens is 354 g/mol. The van der Waals surface area contributed by atoms with Crippen LogP contribution >= 0.6 is 0 Å². The monoisotopic (exact) mass is 379 g/mol. The van der Waals surface area contributed by atoms with Crippen LogP contribution in [0.25, 0.3) is 11.3 Å². The quantitative estimate of drug-likeness (QED) is 0.889. The summed E-state index contributed by atoms with van der Waals surface area (Å²) in [5.74, 6) is -0.452. The summed E-state index contributed by atoms with van der Waals surface area (Å²) in [6, 6.07) is 10.6. The summed E-state index contributed by atoms with van der Waals surface area (Å²) in [4.78, 5) is 31.0. The van der Waals surface area contributed by atoms with E-state index < -0.39 is 5.91 Å². The largest absolute Gasteiger partial charge is 0.381 e. The number of primary amides is 1. The van der Waals surface area contributed by atoms with E-state index >= 15 is 0 Å². The lowest BCUT2D eigenvalue weighted by Crippen LogP contribution is -2.48. The Kier molecular flexibility index (Phi) is 5.13. The first-order chi connectivity index (χ1) is 13.6. The molecule has 0 unspecified atom stereocenters. The second-order valence-corrected chi connectivity index (χ2v) is 7.78. The van der Waals surface area contributed by atoms with E-state index in [9.17, 15) is 9.59 Å². The third-order valence-corrected chi connectivity index (χ3v) is 5.98. The third-order valence-electron chi connectivity index (χ3n) is 5.98. The summed E-state index contributed by atoms with van der Waals surface area (Å²) in [6.07, 6.45) is 5.91. The number of nitrogens with zero attached hydrogens (tertiary/aromatic N) is 2. The molecule has 6 nitrogen and oxygen atoms in total. The predicted octanol–water partition coefficient (Wildman–Crippen LogP) is 2.88. The Hall–Kier alpha value is -2.73. The van der Waals surface area contributed by atoms with Gasteiger partial charge in [0.15, 0.2) is 0 Å². The van der Waals surface area contributed by atoms with Gasteiger partial charge in [0.2, 0.25) is 0 Å². The lowest BCUT2D eigenvalue weighted by atomic mass is 9.74. The van der Waals surface area contributed by atoms with Gasteiger partial charge in [-0.1, -0.05) is 12.1 Å². The molecule has 3 heterocycles. The zero-order valence-corrected chi connectivity index (χ0v) is 15.9. The number of hydrogen-bond acceptors (Lipinski definition) is 4. The van der Waals surface area contributed by atoms with Crippen molar-refractivity contribution in [2.24, 2.45) is 11.1 Å². The molecule has 1 aromatic carbocycles. The Bertz CT molecular complexity index is 867. The summed E-state index contributed by atoms with van der Waals surface area (Å²) in [6.45, 7) is 3.20. The summed E-state index contributed by atoms with van der Waals surface area (Å²) in [5, 5.41) is 0. The molecule has 2 N–H and O–H groups in total. The molecule has 146 valence electrons. The van der Waals surface area contributed by atoms with Crippen molar-refractivity contribution >= 4 is 11.8 Å². The summed E-state index contributed by atoms with van der Waals surface area (Å²) >= 11 is 0. The number of amides is 2. The zero-order valence-electron chi connectivity index (χ0n) is 15.9. The van der Waals surface area contributed by atoms with Crippen molar-refractivity contribution in [3.8, 4) is 11.3 Å². The van der Waals surface area contributed by atoms with Gasteiger partial charge in [-0.05, 0) is 55.4 Å². The Morgan fingerprint density at radius 1 is 1.07 bits per heavy atom. The standard InChI is InChI=1S/C22H25N3O3/c23-20(26)18-3-1-11-24-19(18)16-4-6-17(7-5-16)21(27)25-12-2-8-22(15-25)9-13-28-14-10-22/h1,3-7,11H,2,8-10,12-15H2,(H2,23,26). The van der Waals surface area contributed by atoms with Gasteiger partial charge in [-0.2, -0.15) is 0 Å². The van der Waals surface area contributed by atoms with Gasteiger partial charge in [-0.15, -0.1) is 0 Å². The first-order valence-electron chi connectivity index (χ1n) is 9.80. The predicted molar refractivity (Wildman–Crippen MR) is 106 cm³/mol. The SMILES string of the molecule is NC(=O)c1cccnc1-c1ccc(C(=O)N2CCCC3(CCOCC3)C2)cc1. The Morgan fingerprint density at radius 3 is 2.54 bits per heavy atom. The number of likely N-dealkylation sites (tertiary alicyclic amines) is 1. The fraction of sp³-hybridized carbons (Fsp3) is 0.409. The number of nitrogens with two attached hydrogens (primary N) is 1. The highest BCUT2D eigenvalue weighted by Gasteiger charge is 2.38. The smallest absolute Gasteiger partial charge is 0.253 e. The molecule has 1 aromatic heterocycles. The van der Waals surface area contributed by atoms with Gasteiger partial charge in [-0.25, -0.2) is 0 Å². The van der Waals surface area contributed by atoms with E-state index in [0.717, 1.165) is 51.1 Å². The van der Waals surface area contributed by atoms with Gasteiger partial charge in [-0.3, -0.25) is 14.6 Å². The lowest BCUT2D eigenvalue weighted by Gasteiger charge is -2.45. The van der Waals surface area contributed by atoms with E-state index in [-0.39, 0.29) is 11.3 Å². The summed E-state index contributed by atoms with van der Waals surface area (Å²) in [5.41, 5.74) is 8.00. The first-order valence-corrected chi connectivity index (χ1v) is 9.80. The van der Waals surface area contributed by atoms with Crippen LogP contribution in [0.5, 0.6) is 0 Å². The van der Waals surface area contributed by atoms with E-state index in [0.29, 0.717) is 16.8 Å². The number of rotatable bonds is 3.